The van der Waals surface area contributed by atoms with E-state index in [-0.39, 0.29) is 5.69 Å². The monoisotopic (exact) mass is 285 g/mol. The smallest absolute Gasteiger partial charge is 0.270 e. The average molecular weight is 285 g/mol. The van der Waals surface area contributed by atoms with Crippen LogP contribution in [0.15, 0.2) is 36.9 Å². The number of hydrogen-bond donors (Lipinski definition) is 0. The summed E-state index contributed by atoms with van der Waals surface area (Å²) in [6.07, 6.45) is 3.05. The lowest BCUT2D eigenvalue weighted by molar-refractivity contribution is -0.384. The minimum atomic E-state index is -0.442. The van der Waals surface area contributed by atoms with Crippen LogP contribution in [0.25, 0.3) is 16.7 Å². The molecule has 0 aliphatic carbocycles. The number of ether oxygens (including phenoxy) is 1. The number of pyridine rings is 1. The van der Waals surface area contributed by atoms with Crippen molar-refractivity contribution in [3.8, 4) is 11.6 Å². The number of benzene rings is 1. The van der Waals surface area contributed by atoms with Gasteiger partial charge in [-0.3, -0.25) is 14.7 Å². The van der Waals surface area contributed by atoms with Crippen molar-refractivity contribution in [2.24, 2.45) is 0 Å². The molecule has 21 heavy (non-hydrogen) atoms. The van der Waals surface area contributed by atoms with Gasteiger partial charge in [0.2, 0.25) is 0 Å². The van der Waals surface area contributed by atoms with Gasteiger partial charge < -0.3 is 4.74 Å². The molecule has 0 saturated heterocycles. The highest BCUT2D eigenvalue weighted by Gasteiger charge is 2.13. The summed E-state index contributed by atoms with van der Waals surface area (Å²) in [4.78, 5) is 14.9. The fourth-order valence-corrected chi connectivity index (χ4v) is 2.01. The van der Waals surface area contributed by atoms with Gasteiger partial charge in [0.25, 0.3) is 5.69 Å². The predicted octanol–water partition coefficient (Wildman–Crippen LogP) is 2.12. The lowest BCUT2D eigenvalue weighted by Crippen LogP contribution is -2.00. The van der Waals surface area contributed by atoms with Crippen molar-refractivity contribution in [2.45, 2.75) is 6.92 Å². The second kappa shape index (κ2) is 5.16. The average Bonchev–Trinajstić information content (AvgIpc) is 3.01. The van der Waals surface area contributed by atoms with E-state index < -0.39 is 4.92 Å². The summed E-state index contributed by atoms with van der Waals surface area (Å²) in [7, 11) is 0. The molecule has 0 aliphatic heterocycles. The van der Waals surface area contributed by atoms with Crippen LogP contribution in [0.5, 0.6) is 5.75 Å². The number of nitro benzene ring substituents is 1. The first-order valence-corrected chi connectivity index (χ1v) is 6.26. The molecular formula is C13H11N5O3. The van der Waals surface area contributed by atoms with Crippen molar-refractivity contribution in [3.63, 3.8) is 0 Å². The Balaban J connectivity index is 2.23. The van der Waals surface area contributed by atoms with Crippen molar-refractivity contribution >= 4 is 16.6 Å². The molecule has 0 spiro atoms. The molecule has 2 aromatic heterocycles. The highest BCUT2D eigenvalue weighted by molar-refractivity contribution is 5.88. The molecule has 0 N–H and O–H groups in total. The van der Waals surface area contributed by atoms with Crippen LogP contribution in [-0.4, -0.2) is 31.3 Å². The van der Waals surface area contributed by atoms with E-state index in [9.17, 15) is 10.1 Å². The normalized spacial score (nSPS) is 10.7. The first-order chi connectivity index (χ1) is 10.2. The van der Waals surface area contributed by atoms with Crippen molar-refractivity contribution in [2.75, 3.05) is 6.61 Å². The van der Waals surface area contributed by atoms with Crippen molar-refractivity contribution < 1.29 is 9.66 Å². The van der Waals surface area contributed by atoms with Crippen LogP contribution >= 0.6 is 0 Å². The summed E-state index contributed by atoms with van der Waals surface area (Å²) < 4.78 is 7.22. The Hall–Kier alpha value is -3.03. The predicted molar refractivity (Wildman–Crippen MR) is 74.5 cm³/mol. The summed E-state index contributed by atoms with van der Waals surface area (Å²) in [6, 6.07) is 6.19. The van der Waals surface area contributed by atoms with E-state index in [1.54, 1.807) is 16.7 Å². The Bertz CT molecular complexity index is 801. The van der Waals surface area contributed by atoms with Crippen molar-refractivity contribution in [1.82, 2.24) is 19.7 Å². The van der Waals surface area contributed by atoms with E-state index in [2.05, 4.69) is 15.2 Å². The molecule has 0 amide bonds. The molecule has 0 aliphatic rings. The Morgan fingerprint density at radius 3 is 2.71 bits per heavy atom. The molecule has 8 heteroatoms. The molecule has 3 aromatic rings. The van der Waals surface area contributed by atoms with E-state index in [0.717, 1.165) is 0 Å². The third-order valence-corrected chi connectivity index (χ3v) is 2.93. The molecule has 0 radical (unpaired) electrons. The summed E-state index contributed by atoms with van der Waals surface area (Å²) in [5.74, 6) is 1.12. The number of nitrogens with zero attached hydrogens (tertiary/aromatic N) is 5. The number of non-ortho nitro benzene ring substituents is 1. The minimum absolute atomic E-state index is 0.00213. The molecule has 106 valence electrons. The molecule has 0 atom stereocenters. The molecule has 8 nitrogen and oxygen atoms in total. The van der Waals surface area contributed by atoms with Crippen LogP contribution in [0.1, 0.15) is 6.92 Å². The van der Waals surface area contributed by atoms with Crippen molar-refractivity contribution in [3.05, 3.63) is 47.0 Å². The molecule has 2 heterocycles. The minimum Gasteiger partial charge on any atom is -0.493 e. The summed E-state index contributed by atoms with van der Waals surface area (Å²) in [5, 5.41) is 19.0. The SMILES string of the molecule is CCOc1cc(-n2cnnc2)nc2ccc([N+](=O)[O-])cc12. The number of rotatable bonds is 4. The fourth-order valence-electron chi connectivity index (χ4n) is 2.01. The Morgan fingerprint density at radius 2 is 2.05 bits per heavy atom. The van der Waals surface area contributed by atoms with Gasteiger partial charge in [-0.1, -0.05) is 0 Å². The molecule has 0 unspecified atom stereocenters. The van der Waals surface area contributed by atoms with E-state index in [1.807, 2.05) is 6.92 Å². The van der Waals surface area contributed by atoms with Crippen LogP contribution in [0.2, 0.25) is 0 Å². The molecule has 0 saturated carbocycles. The number of hydrogen-bond acceptors (Lipinski definition) is 6. The quantitative estimate of drug-likeness (QED) is 0.538. The maximum Gasteiger partial charge on any atom is 0.270 e. The maximum atomic E-state index is 10.9. The van der Waals surface area contributed by atoms with E-state index in [4.69, 9.17) is 4.74 Å². The van der Waals surface area contributed by atoms with Gasteiger partial charge in [0.05, 0.1) is 17.0 Å². The molecule has 1 aromatic carbocycles. The Labute approximate surface area is 119 Å². The third kappa shape index (κ3) is 2.38. The summed E-state index contributed by atoms with van der Waals surface area (Å²) >= 11 is 0. The van der Waals surface area contributed by atoms with Gasteiger partial charge in [-0.15, -0.1) is 10.2 Å². The van der Waals surface area contributed by atoms with Gasteiger partial charge in [-0.25, -0.2) is 4.98 Å². The maximum absolute atomic E-state index is 10.9. The van der Waals surface area contributed by atoms with E-state index in [0.29, 0.717) is 29.1 Å². The van der Waals surface area contributed by atoms with E-state index in [1.165, 1.54) is 24.8 Å². The largest absolute Gasteiger partial charge is 0.493 e. The number of fused-ring (bicyclic) bond motifs is 1. The lowest BCUT2D eigenvalue weighted by atomic mass is 10.2. The van der Waals surface area contributed by atoms with Crippen LogP contribution in [0, 0.1) is 10.1 Å². The summed E-state index contributed by atoms with van der Waals surface area (Å²) in [5.41, 5.74) is 0.609. The highest BCUT2D eigenvalue weighted by atomic mass is 16.6. The zero-order valence-electron chi connectivity index (χ0n) is 11.1. The van der Waals surface area contributed by atoms with Crippen LogP contribution in [0.3, 0.4) is 0 Å². The van der Waals surface area contributed by atoms with Gasteiger partial charge in [-0.2, -0.15) is 0 Å². The second-order valence-electron chi connectivity index (χ2n) is 4.24. The molecule has 0 bridgehead atoms. The first-order valence-electron chi connectivity index (χ1n) is 6.26. The fraction of sp³-hybridized carbons (Fsp3) is 0.154. The standard InChI is InChI=1S/C13H11N5O3/c1-2-21-12-6-13(17-7-14-15-8-17)16-11-4-3-9(18(19)20)5-10(11)12/h3-8H,2H2,1H3. The van der Waals surface area contributed by atoms with Gasteiger partial charge >= 0.3 is 0 Å². The second-order valence-corrected chi connectivity index (χ2v) is 4.24. The zero-order valence-corrected chi connectivity index (χ0v) is 11.1. The van der Waals surface area contributed by atoms with Crippen molar-refractivity contribution in [1.29, 1.82) is 0 Å². The zero-order chi connectivity index (χ0) is 14.8. The summed E-state index contributed by atoms with van der Waals surface area (Å²) in [6.45, 7) is 2.30. The van der Waals surface area contributed by atoms with Crippen LogP contribution in [-0.2, 0) is 0 Å². The van der Waals surface area contributed by atoms with Gasteiger partial charge in [-0.05, 0) is 13.0 Å². The Kier molecular flexibility index (Phi) is 3.19. The van der Waals surface area contributed by atoms with E-state index >= 15 is 0 Å². The van der Waals surface area contributed by atoms with Gasteiger partial charge in [0, 0.05) is 23.6 Å². The number of aromatic nitrogens is 4. The molecular weight excluding hydrogens is 274 g/mol. The van der Waals surface area contributed by atoms with Crippen LogP contribution < -0.4 is 4.74 Å². The molecule has 3 rings (SSSR count). The number of nitro groups is 1. The first kappa shape index (κ1) is 13.0. The topological polar surface area (TPSA) is 96.0 Å². The lowest BCUT2D eigenvalue weighted by Gasteiger charge is -2.10. The molecule has 0 fully saturated rings. The third-order valence-electron chi connectivity index (χ3n) is 2.93. The van der Waals surface area contributed by atoms with Gasteiger partial charge in [0.1, 0.15) is 24.2 Å². The highest BCUT2D eigenvalue weighted by Crippen LogP contribution is 2.30. The Morgan fingerprint density at radius 1 is 1.29 bits per heavy atom. The van der Waals surface area contributed by atoms with Crippen LogP contribution in [0.4, 0.5) is 5.69 Å². The van der Waals surface area contributed by atoms with Gasteiger partial charge in [0.15, 0.2) is 0 Å².